The number of nitrogens with one attached hydrogen (secondary N) is 1. The molecule has 27 heavy (non-hydrogen) atoms. The Kier molecular flexibility index (Phi) is 7.74. The number of halogens is 1. The molecular weight excluding hydrogens is 351 g/mol. The second kappa shape index (κ2) is 10.3. The predicted octanol–water partition coefficient (Wildman–Crippen LogP) is 2.60. The van der Waals surface area contributed by atoms with Crippen LogP contribution in [-0.2, 0) is 17.8 Å². The minimum absolute atomic E-state index is 0.0105. The Morgan fingerprint density at radius 2 is 1.96 bits per heavy atom. The van der Waals surface area contributed by atoms with E-state index >= 15 is 0 Å². The molecule has 0 saturated carbocycles. The summed E-state index contributed by atoms with van der Waals surface area (Å²) in [5.41, 5.74) is 1.45. The lowest BCUT2D eigenvalue weighted by Crippen LogP contribution is -2.30. The van der Waals surface area contributed by atoms with E-state index in [4.69, 9.17) is 10.00 Å². The highest BCUT2D eigenvalue weighted by atomic mass is 19.1. The van der Waals surface area contributed by atoms with Crippen LogP contribution < -0.4 is 5.32 Å². The number of nitrogens with zero attached hydrogens (tertiary/aromatic N) is 1. The van der Waals surface area contributed by atoms with E-state index in [1.807, 2.05) is 36.4 Å². The molecule has 0 aliphatic carbocycles. The topological polar surface area (TPSA) is 103 Å². The molecule has 0 aliphatic rings. The van der Waals surface area contributed by atoms with Crippen molar-refractivity contribution in [2.75, 3.05) is 6.54 Å². The molecule has 142 valence electrons. The molecule has 2 aromatic rings. The molecule has 0 aromatic heterocycles. The quantitative estimate of drug-likeness (QED) is 0.661. The Balaban J connectivity index is 1.81. The Hall–Kier alpha value is -2.95. The molecule has 0 radical (unpaired) electrons. The first-order valence-electron chi connectivity index (χ1n) is 8.47. The van der Waals surface area contributed by atoms with Gasteiger partial charge < -0.3 is 20.3 Å². The summed E-state index contributed by atoms with van der Waals surface area (Å²) in [5.74, 6) is -0.569. The van der Waals surface area contributed by atoms with Gasteiger partial charge in [-0.2, -0.15) is 5.26 Å². The van der Waals surface area contributed by atoms with E-state index in [2.05, 4.69) is 5.32 Å². The van der Waals surface area contributed by atoms with Gasteiger partial charge in [-0.25, -0.2) is 9.18 Å². The number of aliphatic hydroxyl groups excluding tert-OH is 2. The van der Waals surface area contributed by atoms with Gasteiger partial charge in [-0.15, -0.1) is 0 Å². The van der Waals surface area contributed by atoms with Crippen molar-refractivity contribution in [3.8, 4) is 6.07 Å². The third-order valence-corrected chi connectivity index (χ3v) is 3.98. The van der Waals surface area contributed by atoms with Crippen LogP contribution in [0.4, 0.5) is 9.18 Å². The molecule has 0 spiro atoms. The summed E-state index contributed by atoms with van der Waals surface area (Å²) in [7, 11) is 0. The van der Waals surface area contributed by atoms with Crippen molar-refractivity contribution in [1.29, 1.82) is 5.26 Å². The van der Waals surface area contributed by atoms with Crippen LogP contribution in [0.1, 0.15) is 29.2 Å². The van der Waals surface area contributed by atoms with E-state index in [9.17, 15) is 19.4 Å². The molecule has 1 amide bonds. The fraction of sp³-hybridized carbons (Fsp3) is 0.300. The van der Waals surface area contributed by atoms with Crippen LogP contribution >= 0.6 is 0 Å². The molecule has 2 rings (SSSR count). The number of carbonyl (C=O) groups is 1. The van der Waals surface area contributed by atoms with Crippen molar-refractivity contribution < 1.29 is 24.1 Å². The Bertz CT molecular complexity index is 792. The molecule has 2 aromatic carbocycles. The minimum Gasteiger partial charge on any atom is -0.445 e. The molecule has 0 heterocycles. The number of aliphatic hydroxyl groups is 2. The lowest BCUT2D eigenvalue weighted by Gasteiger charge is -2.20. The smallest absolute Gasteiger partial charge is 0.407 e. The summed E-state index contributed by atoms with van der Waals surface area (Å²) in [6, 6.07) is 14.8. The largest absolute Gasteiger partial charge is 0.445 e. The van der Waals surface area contributed by atoms with E-state index in [1.54, 1.807) is 0 Å². The lowest BCUT2D eigenvalue weighted by molar-refractivity contribution is 0.0130. The second-order valence-corrected chi connectivity index (χ2v) is 5.97. The maximum atomic E-state index is 13.4. The third-order valence-electron chi connectivity index (χ3n) is 3.98. The van der Waals surface area contributed by atoms with Crippen molar-refractivity contribution in [3.05, 3.63) is 71.0 Å². The first kappa shape index (κ1) is 20.4. The summed E-state index contributed by atoms with van der Waals surface area (Å²) < 4.78 is 18.5. The molecule has 2 atom stereocenters. The van der Waals surface area contributed by atoms with Gasteiger partial charge in [0.1, 0.15) is 18.5 Å². The number of alkyl carbamates (subject to hydrolysis) is 1. The van der Waals surface area contributed by atoms with E-state index in [-0.39, 0.29) is 31.6 Å². The van der Waals surface area contributed by atoms with Crippen LogP contribution in [0.3, 0.4) is 0 Å². The molecule has 0 saturated heterocycles. The van der Waals surface area contributed by atoms with Gasteiger partial charge in [-0.3, -0.25) is 0 Å². The summed E-state index contributed by atoms with van der Waals surface area (Å²) in [6.45, 7) is 0.188. The van der Waals surface area contributed by atoms with Gasteiger partial charge in [0.25, 0.3) is 0 Å². The van der Waals surface area contributed by atoms with Gasteiger partial charge in [0.2, 0.25) is 0 Å². The average molecular weight is 372 g/mol. The Labute approximate surface area is 156 Å². The summed E-state index contributed by atoms with van der Waals surface area (Å²) in [6.07, 6.45) is -3.23. The van der Waals surface area contributed by atoms with Crippen LogP contribution in [0.25, 0.3) is 0 Å². The number of ether oxygens (including phenoxy) is 1. The van der Waals surface area contributed by atoms with Crippen LogP contribution in [0.15, 0.2) is 48.5 Å². The van der Waals surface area contributed by atoms with Crippen molar-refractivity contribution in [1.82, 2.24) is 5.32 Å². The van der Waals surface area contributed by atoms with Crippen molar-refractivity contribution in [2.24, 2.45) is 0 Å². The lowest BCUT2D eigenvalue weighted by atomic mass is 9.95. The zero-order valence-corrected chi connectivity index (χ0v) is 14.6. The third kappa shape index (κ3) is 6.37. The highest BCUT2D eigenvalue weighted by Gasteiger charge is 2.22. The summed E-state index contributed by atoms with van der Waals surface area (Å²) in [4.78, 5) is 11.7. The Morgan fingerprint density at radius 3 is 2.67 bits per heavy atom. The van der Waals surface area contributed by atoms with Gasteiger partial charge in [-0.1, -0.05) is 36.4 Å². The second-order valence-electron chi connectivity index (χ2n) is 5.97. The highest BCUT2D eigenvalue weighted by Crippen LogP contribution is 2.24. The summed E-state index contributed by atoms with van der Waals surface area (Å²) >= 11 is 0. The number of benzene rings is 2. The highest BCUT2D eigenvalue weighted by molar-refractivity contribution is 5.67. The molecule has 0 aliphatic heterocycles. The average Bonchev–Trinajstić information content (AvgIpc) is 2.68. The SMILES string of the molecule is N#CCc1ccc(F)cc1C(O)C(O)CCNC(=O)OCc1ccccc1. The fourth-order valence-corrected chi connectivity index (χ4v) is 2.55. The maximum Gasteiger partial charge on any atom is 0.407 e. The van der Waals surface area contributed by atoms with E-state index in [0.29, 0.717) is 5.56 Å². The van der Waals surface area contributed by atoms with Crippen LogP contribution in [0, 0.1) is 17.1 Å². The van der Waals surface area contributed by atoms with E-state index < -0.39 is 24.1 Å². The summed E-state index contributed by atoms with van der Waals surface area (Å²) in [5, 5.41) is 31.7. The van der Waals surface area contributed by atoms with Crippen molar-refractivity contribution >= 4 is 6.09 Å². The number of hydrogen-bond donors (Lipinski definition) is 3. The van der Waals surface area contributed by atoms with Crippen LogP contribution in [0.5, 0.6) is 0 Å². The molecule has 3 N–H and O–H groups in total. The number of carbonyl (C=O) groups excluding carboxylic acids is 1. The molecule has 0 fully saturated rings. The monoisotopic (exact) mass is 372 g/mol. The number of rotatable bonds is 8. The first-order chi connectivity index (χ1) is 13.0. The van der Waals surface area contributed by atoms with Crippen LogP contribution in [-0.4, -0.2) is 29.0 Å². The maximum absolute atomic E-state index is 13.4. The van der Waals surface area contributed by atoms with Gasteiger partial charge in [0.15, 0.2) is 0 Å². The molecule has 6 nitrogen and oxygen atoms in total. The number of amides is 1. The van der Waals surface area contributed by atoms with Crippen LogP contribution in [0.2, 0.25) is 0 Å². The predicted molar refractivity (Wildman–Crippen MR) is 95.9 cm³/mol. The van der Waals surface area contributed by atoms with Crippen molar-refractivity contribution in [2.45, 2.75) is 31.7 Å². The molecule has 2 unspecified atom stereocenters. The van der Waals surface area contributed by atoms with Crippen molar-refractivity contribution in [3.63, 3.8) is 0 Å². The van der Waals surface area contributed by atoms with Gasteiger partial charge in [-0.05, 0) is 35.2 Å². The van der Waals surface area contributed by atoms with E-state index in [0.717, 1.165) is 11.6 Å². The fourth-order valence-electron chi connectivity index (χ4n) is 2.55. The minimum atomic E-state index is -1.37. The zero-order chi connectivity index (χ0) is 19.6. The normalized spacial score (nSPS) is 12.7. The van der Waals surface area contributed by atoms with Gasteiger partial charge in [0.05, 0.1) is 18.6 Å². The standard InChI is InChI=1S/C20H21FN2O4/c21-16-7-6-15(8-10-22)17(12-16)19(25)18(24)9-11-23-20(26)27-13-14-4-2-1-3-5-14/h1-7,12,18-19,24-25H,8-9,11,13H2,(H,23,26). The molecular formula is C20H21FN2O4. The zero-order valence-electron chi connectivity index (χ0n) is 14.6. The first-order valence-corrected chi connectivity index (χ1v) is 8.47. The molecule has 0 bridgehead atoms. The van der Waals surface area contributed by atoms with Gasteiger partial charge >= 0.3 is 6.09 Å². The van der Waals surface area contributed by atoms with Gasteiger partial charge in [0, 0.05) is 6.54 Å². The number of nitriles is 1. The Morgan fingerprint density at radius 1 is 1.22 bits per heavy atom. The number of hydrogen-bond acceptors (Lipinski definition) is 5. The van der Waals surface area contributed by atoms with E-state index in [1.165, 1.54) is 12.1 Å². The molecule has 7 heteroatoms.